The van der Waals surface area contributed by atoms with Crippen molar-refractivity contribution >= 4 is 17.1 Å². The first-order valence-corrected chi connectivity index (χ1v) is 5.97. The number of hydrogen-bond donors (Lipinski definition) is 0. The Hall–Kier alpha value is -0.700. The molecule has 0 bridgehead atoms. The monoisotopic (exact) mass is 209 g/mol. The summed E-state index contributed by atoms with van der Waals surface area (Å²) in [5.74, 6) is 0.249. The Balaban J connectivity index is 2.23. The molecule has 0 radical (unpaired) electrons. The number of rotatable bonds is 2. The van der Waals surface area contributed by atoms with Gasteiger partial charge in [0, 0.05) is 10.8 Å². The van der Waals surface area contributed by atoms with Crippen molar-refractivity contribution in [2.75, 3.05) is 0 Å². The highest BCUT2D eigenvalue weighted by molar-refractivity contribution is 7.09. The standard InChI is InChI=1S/C11H15NOS/c1-8-12-9(7-14-8)10(13)11(2)5-3-4-6-11/h7H,3-6H2,1-2H3. The fourth-order valence-electron chi connectivity index (χ4n) is 2.16. The van der Waals surface area contributed by atoms with Crippen molar-refractivity contribution in [2.24, 2.45) is 5.41 Å². The number of Topliss-reactive ketones (excluding diaryl/α,β-unsaturated/α-hetero) is 1. The molecule has 0 amide bonds. The summed E-state index contributed by atoms with van der Waals surface area (Å²) in [5, 5.41) is 2.87. The molecule has 1 aromatic rings. The van der Waals surface area contributed by atoms with Gasteiger partial charge < -0.3 is 0 Å². The molecule has 0 N–H and O–H groups in total. The largest absolute Gasteiger partial charge is 0.292 e. The van der Waals surface area contributed by atoms with Crippen LogP contribution in [-0.2, 0) is 0 Å². The summed E-state index contributed by atoms with van der Waals surface area (Å²) in [4.78, 5) is 16.4. The molecule has 0 aromatic carbocycles. The van der Waals surface area contributed by atoms with E-state index < -0.39 is 0 Å². The first kappa shape index (κ1) is 9.84. The number of carbonyl (C=O) groups is 1. The van der Waals surface area contributed by atoms with Crippen LogP contribution in [0.3, 0.4) is 0 Å². The fraction of sp³-hybridized carbons (Fsp3) is 0.636. The van der Waals surface area contributed by atoms with Gasteiger partial charge >= 0.3 is 0 Å². The summed E-state index contributed by atoms with van der Waals surface area (Å²) < 4.78 is 0. The van der Waals surface area contributed by atoms with Gasteiger partial charge in [0.1, 0.15) is 5.69 Å². The number of aryl methyl sites for hydroxylation is 1. The van der Waals surface area contributed by atoms with Gasteiger partial charge in [-0.25, -0.2) is 4.98 Å². The third kappa shape index (κ3) is 1.61. The zero-order valence-electron chi connectivity index (χ0n) is 8.67. The summed E-state index contributed by atoms with van der Waals surface area (Å²) in [7, 11) is 0. The Morgan fingerprint density at radius 1 is 1.50 bits per heavy atom. The summed E-state index contributed by atoms with van der Waals surface area (Å²) in [6.07, 6.45) is 4.43. The smallest absolute Gasteiger partial charge is 0.187 e. The SMILES string of the molecule is Cc1nc(C(=O)C2(C)CCCC2)cs1. The second-order valence-electron chi connectivity index (χ2n) is 4.35. The molecule has 1 heterocycles. The maximum absolute atomic E-state index is 12.1. The molecule has 0 aliphatic heterocycles. The Kier molecular flexibility index (Phi) is 2.43. The fourth-order valence-corrected chi connectivity index (χ4v) is 2.75. The molecule has 2 rings (SSSR count). The normalized spacial score (nSPS) is 19.9. The molecule has 14 heavy (non-hydrogen) atoms. The third-order valence-corrected chi connectivity index (χ3v) is 3.88. The van der Waals surface area contributed by atoms with Crippen molar-refractivity contribution in [1.82, 2.24) is 4.98 Å². The topological polar surface area (TPSA) is 30.0 Å². The van der Waals surface area contributed by atoms with Crippen LogP contribution in [-0.4, -0.2) is 10.8 Å². The second kappa shape index (κ2) is 3.46. The van der Waals surface area contributed by atoms with Gasteiger partial charge in [0.25, 0.3) is 0 Å². The maximum Gasteiger partial charge on any atom is 0.187 e. The van der Waals surface area contributed by atoms with Crippen LogP contribution in [0.5, 0.6) is 0 Å². The summed E-state index contributed by atoms with van der Waals surface area (Å²) in [6, 6.07) is 0. The van der Waals surface area contributed by atoms with Crippen LogP contribution in [0.1, 0.15) is 48.1 Å². The van der Waals surface area contributed by atoms with Crippen LogP contribution in [0.2, 0.25) is 0 Å². The van der Waals surface area contributed by atoms with Crippen LogP contribution < -0.4 is 0 Å². The van der Waals surface area contributed by atoms with Gasteiger partial charge in [-0.2, -0.15) is 0 Å². The van der Waals surface area contributed by atoms with Crippen LogP contribution in [0.4, 0.5) is 0 Å². The van der Waals surface area contributed by atoms with Crippen LogP contribution in [0.25, 0.3) is 0 Å². The van der Waals surface area contributed by atoms with Crippen LogP contribution in [0.15, 0.2) is 5.38 Å². The van der Waals surface area contributed by atoms with Crippen molar-refractivity contribution in [1.29, 1.82) is 0 Å². The van der Waals surface area contributed by atoms with Gasteiger partial charge in [-0.3, -0.25) is 4.79 Å². The molecular weight excluding hydrogens is 194 g/mol. The molecule has 76 valence electrons. The first-order valence-electron chi connectivity index (χ1n) is 5.09. The molecule has 2 nitrogen and oxygen atoms in total. The minimum absolute atomic E-state index is 0.124. The predicted octanol–water partition coefficient (Wildman–Crippen LogP) is 3.21. The molecule has 0 atom stereocenters. The van der Waals surface area contributed by atoms with E-state index in [0.29, 0.717) is 5.69 Å². The van der Waals surface area contributed by atoms with Crippen molar-refractivity contribution in [3.8, 4) is 0 Å². The van der Waals surface area contributed by atoms with E-state index in [-0.39, 0.29) is 11.2 Å². The summed E-state index contributed by atoms with van der Waals surface area (Å²) >= 11 is 1.56. The Morgan fingerprint density at radius 2 is 2.14 bits per heavy atom. The quantitative estimate of drug-likeness (QED) is 0.700. The zero-order valence-corrected chi connectivity index (χ0v) is 9.49. The Morgan fingerprint density at radius 3 is 2.64 bits per heavy atom. The summed E-state index contributed by atoms with van der Waals surface area (Å²) in [5.41, 5.74) is 0.553. The summed E-state index contributed by atoms with van der Waals surface area (Å²) in [6.45, 7) is 4.02. The Labute approximate surface area is 88.4 Å². The van der Waals surface area contributed by atoms with E-state index in [2.05, 4.69) is 11.9 Å². The van der Waals surface area contributed by atoms with Gasteiger partial charge in [0.15, 0.2) is 5.78 Å². The second-order valence-corrected chi connectivity index (χ2v) is 5.41. The number of nitrogens with zero attached hydrogens (tertiary/aromatic N) is 1. The average Bonchev–Trinajstić information content (AvgIpc) is 2.74. The highest BCUT2D eigenvalue weighted by Gasteiger charge is 2.37. The number of hydrogen-bond acceptors (Lipinski definition) is 3. The average molecular weight is 209 g/mol. The first-order chi connectivity index (χ1) is 6.62. The number of aromatic nitrogens is 1. The predicted molar refractivity (Wildman–Crippen MR) is 57.8 cm³/mol. The maximum atomic E-state index is 12.1. The molecule has 1 saturated carbocycles. The molecule has 1 aliphatic rings. The molecule has 1 fully saturated rings. The highest BCUT2D eigenvalue weighted by atomic mass is 32.1. The molecule has 0 saturated heterocycles. The van der Waals surface area contributed by atoms with Crippen molar-refractivity contribution in [3.05, 3.63) is 16.1 Å². The lowest BCUT2D eigenvalue weighted by Gasteiger charge is -2.19. The zero-order chi connectivity index (χ0) is 10.2. The van der Waals surface area contributed by atoms with E-state index in [1.54, 1.807) is 11.3 Å². The van der Waals surface area contributed by atoms with E-state index in [1.807, 2.05) is 12.3 Å². The minimum Gasteiger partial charge on any atom is -0.292 e. The van der Waals surface area contributed by atoms with Crippen LogP contribution >= 0.6 is 11.3 Å². The van der Waals surface area contributed by atoms with Gasteiger partial charge in [-0.05, 0) is 19.8 Å². The lowest BCUT2D eigenvalue weighted by Crippen LogP contribution is -2.24. The highest BCUT2D eigenvalue weighted by Crippen LogP contribution is 2.40. The van der Waals surface area contributed by atoms with Gasteiger partial charge in [-0.15, -0.1) is 11.3 Å². The van der Waals surface area contributed by atoms with Crippen molar-refractivity contribution in [3.63, 3.8) is 0 Å². The van der Waals surface area contributed by atoms with E-state index in [1.165, 1.54) is 12.8 Å². The van der Waals surface area contributed by atoms with Gasteiger partial charge in [0.2, 0.25) is 0 Å². The molecule has 0 spiro atoms. The lowest BCUT2D eigenvalue weighted by molar-refractivity contribution is 0.0818. The number of carbonyl (C=O) groups excluding carboxylic acids is 1. The molecular formula is C11H15NOS. The number of thiazole rings is 1. The van der Waals surface area contributed by atoms with Crippen molar-refractivity contribution < 1.29 is 4.79 Å². The molecule has 3 heteroatoms. The molecule has 0 unspecified atom stereocenters. The van der Waals surface area contributed by atoms with Crippen LogP contribution in [0, 0.1) is 12.3 Å². The number of ketones is 1. The Bertz CT molecular complexity index is 350. The lowest BCUT2D eigenvalue weighted by atomic mass is 9.83. The molecule has 1 aromatic heterocycles. The van der Waals surface area contributed by atoms with E-state index in [4.69, 9.17) is 0 Å². The molecule has 1 aliphatic carbocycles. The van der Waals surface area contributed by atoms with E-state index in [9.17, 15) is 4.79 Å². The van der Waals surface area contributed by atoms with Gasteiger partial charge in [-0.1, -0.05) is 19.8 Å². The van der Waals surface area contributed by atoms with E-state index in [0.717, 1.165) is 17.8 Å². The van der Waals surface area contributed by atoms with Crippen molar-refractivity contribution in [2.45, 2.75) is 39.5 Å². The van der Waals surface area contributed by atoms with E-state index >= 15 is 0 Å². The van der Waals surface area contributed by atoms with Gasteiger partial charge in [0.05, 0.1) is 5.01 Å². The third-order valence-electron chi connectivity index (χ3n) is 3.11. The minimum atomic E-state index is -0.124.